The van der Waals surface area contributed by atoms with Crippen molar-refractivity contribution < 1.29 is 14.0 Å². The highest BCUT2D eigenvalue weighted by atomic mass is 32.1. The molecule has 172 valence electrons. The van der Waals surface area contributed by atoms with E-state index in [0.29, 0.717) is 5.76 Å². The standard InChI is InChI=1S/C27H30N2O3S/c1-18-11-14-24(32-18)26(27(31)28-21-8-2-3-9-21)29(25(30)17-23-10-5-15-33-23)22-13-12-19-6-4-7-20(19)16-22/h5,10-16,21,26H,2-4,6-9,17H2,1H3,(H,28,31). The van der Waals surface area contributed by atoms with Crippen molar-refractivity contribution in [1.29, 1.82) is 0 Å². The Bertz CT molecular complexity index is 1130. The van der Waals surface area contributed by atoms with E-state index < -0.39 is 6.04 Å². The van der Waals surface area contributed by atoms with Gasteiger partial charge < -0.3 is 9.73 Å². The molecule has 2 amide bonds. The normalized spacial score (nSPS) is 16.5. The minimum Gasteiger partial charge on any atom is -0.464 e. The molecule has 5 nitrogen and oxygen atoms in total. The van der Waals surface area contributed by atoms with E-state index in [1.807, 2.05) is 42.6 Å². The van der Waals surface area contributed by atoms with Gasteiger partial charge in [-0.2, -0.15) is 0 Å². The zero-order chi connectivity index (χ0) is 22.8. The lowest BCUT2D eigenvalue weighted by Gasteiger charge is -2.31. The molecule has 1 atom stereocenters. The predicted molar refractivity (Wildman–Crippen MR) is 131 cm³/mol. The van der Waals surface area contributed by atoms with Crippen molar-refractivity contribution >= 4 is 28.8 Å². The van der Waals surface area contributed by atoms with Gasteiger partial charge in [-0.15, -0.1) is 11.3 Å². The first-order chi connectivity index (χ1) is 16.1. The number of benzene rings is 1. The fourth-order valence-electron chi connectivity index (χ4n) is 5.12. The van der Waals surface area contributed by atoms with Gasteiger partial charge >= 0.3 is 0 Å². The highest BCUT2D eigenvalue weighted by molar-refractivity contribution is 7.10. The first-order valence-electron chi connectivity index (χ1n) is 11.9. The fraction of sp³-hybridized carbons (Fsp3) is 0.407. The molecule has 0 spiro atoms. The highest BCUT2D eigenvalue weighted by Gasteiger charge is 2.36. The van der Waals surface area contributed by atoms with Crippen LogP contribution in [0.15, 0.2) is 52.3 Å². The number of aryl methyl sites for hydroxylation is 3. The minimum absolute atomic E-state index is 0.101. The number of nitrogens with zero attached hydrogens (tertiary/aromatic N) is 1. The van der Waals surface area contributed by atoms with Gasteiger partial charge in [0.15, 0.2) is 6.04 Å². The third-order valence-electron chi connectivity index (χ3n) is 6.77. The van der Waals surface area contributed by atoms with E-state index in [2.05, 4.69) is 17.4 Å². The molecule has 0 radical (unpaired) electrons. The molecule has 2 aromatic heterocycles. The van der Waals surface area contributed by atoms with Crippen LogP contribution in [-0.2, 0) is 28.9 Å². The lowest BCUT2D eigenvalue weighted by atomic mass is 10.0. The van der Waals surface area contributed by atoms with E-state index in [1.54, 1.807) is 16.2 Å². The Hall–Kier alpha value is -2.86. The first-order valence-corrected chi connectivity index (χ1v) is 12.8. The molecule has 2 heterocycles. The van der Waals surface area contributed by atoms with Gasteiger partial charge in [0.1, 0.15) is 11.5 Å². The maximum Gasteiger partial charge on any atom is 0.251 e. The Morgan fingerprint density at radius 2 is 1.91 bits per heavy atom. The lowest BCUT2D eigenvalue weighted by molar-refractivity contribution is -0.127. The van der Waals surface area contributed by atoms with Crippen LogP contribution in [0.1, 0.15) is 65.7 Å². The zero-order valence-electron chi connectivity index (χ0n) is 19.0. The highest BCUT2D eigenvalue weighted by Crippen LogP contribution is 2.34. The molecule has 3 aromatic rings. The predicted octanol–water partition coefficient (Wildman–Crippen LogP) is 5.51. The Kier molecular flexibility index (Phi) is 6.36. The molecular weight excluding hydrogens is 432 g/mol. The average Bonchev–Trinajstić information content (AvgIpc) is 3.59. The number of thiophene rings is 1. The smallest absolute Gasteiger partial charge is 0.251 e. The monoisotopic (exact) mass is 462 g/mol. The summed E-state index contributed by atoms with van der Waals surface area (Å²) in [5, 5.41) is 5.19. The van der Waals surface area contributed by atoms with Crippen LogP contribution in [0, 0.1) is 6.92 Å². The van der Waals surface area contributed by atoms with Crippen molar-refractivity contribution in [2.24, 2.45) is 0 Å². The van der Waals surface area contributed by atoms with Crippen LogP contribution in [0.25, 0.3) is 0 Å². The third kappa shape index (κ3) is 4.76. The largest absolute Gasteiger partial charge is 0.464 e. The van der Waals surface area contributed by atoms with Crippen molar-refractivity contribution in [2.45, 2.75) is 70.4 Å². The maximum absolute atomic E-state index is 13.8. The number of nitrogens with one attached hydrogen (secondary N) is 1. The molecule has 1 aromatic carbocycles. The van der Waals surface area contributed by atoms with Gasteiger partial charge in [-0.25, -0.2) is 0 Å². The number of anilines is 1. The minimum atomic E-state index is -0.841. The van der Waals surface area contributed by atoms with Gasteiger partial charge in [0.25, 0.3) is 5.91 Å². The molecule has 1 N–H and O–H groups in total. The van der Waals surface area contributed by atoms with Crippen molar-refractivity contribution in [3.05, 3.63) is 75.4 Å². The summed E-state index contributed by atoms with van der Waals surface area (Å²) in [6.07, 6.45) is 7.68. The number of hydrogen-bond acceptors (Lipinski definition) is 4. The molecule has 1 saturated carbocycles. The summed E-state index contributed by atoms with van der Waals surface area (Å²) in [7, 11) is 0. The summed E-state index contributed by atoms with van der Waals surface area (Å²) in [5.74, 6) is 0.957. The second-order valence-electron chi connectivity index (χ2n) is 9.17. The van der Waals surface area contributed by atoms with Crippen LogP contribution in [0.4, 0.5) is 5.69 Å². The number of amides is 2. The summed E-state index contributed by atoms with van der Waals surface area (Å²) in [4.78, 5) is 30.1. The van der Waals surface area contributed by atoms with Crippen molar-refractivity contribution in [1.82, 2.24) is 5.32 Å². The summed E-state index contributed by atoms with van der Waals surface area (Å²) in [6, 6.07) is 13.1. The molecule has 1 unspecified atom stereocenters. The van der Waals surface area contributed by atoms with Gasteiger partial charge in [-0.05, 0) is 85.9 Å². The summed E-state index contributed by atoms with van der Waals surface area (Å²) in [5.41, 5.74) is 3.37. The van der Waals surface area contributed by atoms with Gasteiger partial charge in [-0.3, -0.25) is 14.5 Å². The van der Waals surface area contributed by atoms with Crippen LogP contribution in [0.5, 0.6) is 0 Å². The van der Waals surface area contributed by atoms with Gasteiger partial charge in [0.05, 0.1) is 6.42 Å². The van der Waals surface area contributed by atoms with E-state index in [0.717, 1.165) is 61.3 Å². The Labute approximate surface area is 198 Å². The second kappa shape index (κ2) is 9.56. The molecule has 5 rings (SSSR count). The lowest BCUT2D eigenvalue weighted by Crippen LogP contribution is -2.46. The molecule has 6 heteroatoms. The zero-order valence-corrected chi connectivity index (χ0v) is 19.8. The molecule has 2 aliphatic carbocycles. The Morgan fingerprint density at radius 3 is 2.64 bits per heavy atom. The Morgan fingerprint density at radius 1 is 1.09 bits per heavy atom. The average molecular weight is 463 g/mol. The summed E-state index contributed by atoms with van der Waals surface area (Å²) >= 11 is 1.56. The maximum atomic E-state index is 13.8. The second-order valence-corrected chi connectivity index (χ2v) is 10.2. The fourth-order valence-corrected chi connectivity index (χ4v) is 5.81. The van der Waals surface area contributed by atoms with Crippen LogP contribution >= 0.6 is 11.3 Å². The first kappa shape index (κ1) is 22.0. The number of furan rings is 1. The third-order valence-corrected chi connectivity index (χ3v) is 7.65. The van der Waals surface area contributed by atoms with E-state index in [4.69, 9.17) is 4.42 Å². The van der Waals surface area contributed by atoms with E-state index in [1.165, 1.54) is 11.1 Å². The van der Waals surface area contributed by atoms with Crippen molar-refractivity contribution in [3.63, 3.8) is 0 Å². The van der Waals surface area contributed by atoms with Crippen molar-refractivity contribution in [2.75, 3.05) is 4.90 Å². The topological polar surface area (TPSA) is 62.6 Å². The number of rotatable bonds is 7. The molecule has 1 fully saturated rings. The van der Waals surface area contributed by atoms with E-state index in [-0.39, 0.29) is 24.3 Å². The van der Waals surface area contributed by atoms with Crippen LogP contribution < -0.4 is 10.2 Å². The molecule has 0 aliphatic heterocycles. The molecule has 2 aliphatic rings. The number of hydrogen-bond donors (Lipinski definition) is 1. The van der Waals surface area contributed by atoms with Crippen LogP contribution in [0.3, 0.4) is 0 Å². The SMILES string of the molecule is Cc1ccc(C(C(=O)NC2CCCC2)N(C(=O)Cc2cccs2)c2ccc3c(c2)CCC3)o1. The molecule has 33 heavy (non-hydrogen) atoms. The van der Waals surface area contributed by atoms with Gasteiger partial charge in [0, 0.05) is 16.6 Å². The number of carbonyl (C=O) groups is 2. The quantitative estimate of drug-likeness (QED) is 0.503. The van der Waals surface area contributed by atoms with Gasteiger partial charge in [-0.1, -0.05) is 25.0 Å². The Balaban J connectivity index is 1.55. The number of carbonyl (C=O) groups excluding carboxylic acids is 2. The van der Waals surface area contributed by atoms with Gasteiger partial charge in [0.2, 0.25) is 5.91 Å². The van der Waals surface area contributed by atoms with E-state index >= 15 is 0 Å². The number of fused-ring (bicyclic) bond motifs is 1. The molecule has 0 bridgehead atoms. The van der Waals surface area contributed by atoms with Crippen LogP contribution in [-0.4, -0.2) is 17.9 Å². The molecular formula is C27H30N2O3S. The molecule has 0 saturated heterocycles. The van der Waals surface area contributed by atoms with E-state index in [9.17, 15) is 9.59 Å². The van der Waals surface area contributed by atoms with Crippen molar-refractivity contribution in [3.8, 4) is 0 Å². The summed E-state index contributed by atoms with van der Waals surface area (Å²) < 4.78 is 5.96. The van der Waals surface area contributed by atoms with Crippen LogP contribution in [0.2, 0.25) is 0 Å². The summed E-state index contributed by atoms with van der Waals surface area (Å²) in [6.45, 7) is 1.86.